The lowest BCUT2D eigenvalue weighted by Crippen LogP contribution is -2.47. The molecule has 2 amide bonds. The largest absolute Gasteiger partial charge is 0.457 e. The van der Waals surface area contributed by atoms with Gasteiger partial charge in [-0.2, -0.15) is 0 Å². The molecule has 1 aliphatic heterocycles. The Morgan fingerprint density at radius 1 is 0.833 bits per heavy atom. The van der Waals surface area contributed by atoms with Gasteiger partial charge in [0.1, 0.15) is 11.5 Å². The average molecular weight is 318 g/mol. The number of para-hydroxylation sites is 1. The van der Waals surface area contributed by atoms with Gasteiger partial charge < -0.3 is 4.74 Å². The van der Waals surface area contributed by atoms with Crippen LogP contribution in [-0.2, 0) is 0 Å². The first kappa shape index (κ1) is 14.4. The van der Waals surface area contributed by atoms with E-state index < -0.39 is 0 Å². The van der Waals surface area contributed by atoms with E-state index in [1.165, 1.54) is 0 Å². The molecule has 5 heteroatoms. The monoisotopic (exact) mass is 318 g/mol. The second-order valence-corrected chi connectivity index (χ2v) is 5.42. The van der Waals surface area contributed by atoms with E-state index in [4.69, 9.17) is 4.74 Å². The molecule has 0 unspecified atom stereocenters. The van der Waals surface area contributed by atoms with Crippen molar-refractivity contribution in [1.29, 1.82) is 0 Å². The van der Waals surface area contributed by atoms with Crippen LogP contribution in [-0.4, -0.2) is 23.9 Å². The number of amides is 2. The smallest absolute Gasteiger partial charge is 0.275 e. The van der Waals surface area contributed by atoms with Crippen molar-refractivity contribution < 1.29 is 14.3 Å². The molecule has 0 saturated carbocycles. The first-order valence-electron chi connectivity index (χ1n) is 7.55. The van der Waals surface area contributed by atoms with Crippen LogP contribution in [0.4, 0.5) is 0 Å². The number of carbonyl (C=O) groups is 2. The van der Waals surface area contributed by atoms with Crippen molar-refractivity contribution in [3.05, 3.63) is 71.8 Å². The number of nitrogens with zero attached hydrogens (tertiary/aromatic N) is 1. The average Bonchev–Trinajstić information content (AvgIpc) is 2.62. The number of ether oxygens (including phenoxy) is 1. The van der Waals surface area contributed by atoms with E-state index >= 15 is 0 Å². The second-order valence-electron chi connectivity index (χ2n) is 5.42. The molecule has 0 aromatic heterocycles. The van der Waals surface area contributed by atoms with Gasteiger partial charge in [0.05, 0.1) is 11.1 Å². The maximum absolute atomic E-state index is 12.5. The molecule has 0 aliphatic carbocycles. The molecule has 0 saturated heterocycles. The summed E-state index contributed by atoms with van der Waals surface area (Å²) in [6.45, 7) is 0. The van der Waals surface area contributed by atoms with Gasteiger partial charge in [-0.3, -0.25) is 9.59 Å². The molecule has 24 heavy (non-hydrogen) atoms. The van der Waals surface area contributed by atoms with Crippen LogP contribution in [0.25, 0.3) is 10.8 Å². The quantitative estimate of drug-likeness (QED) is 0.752. The number of imide groups is 1. The number of hydrazine groups is 1. The first-order valence-corrected chi connectivity index (χ1v) is 7.55. The van der Waals surface area contributed by atoms with E-state index in [1.54, 1.807) is 31.3 Å². The van der Waals surface area contributed by atoms with E-state index in [1.807, 2.05) is 36.4 Å². The Morgan fingerprint density at radius 3 is 2.25 bits per heavy atom. The molecular formula is C19H14N2O3. The van der Waals surface area contributed by atoms with Crippen LogP contribution in [0.3, 0.4) is 0 Å². The third-order valence-electron chi connectivity index (χ3n) is 4.06. The molecule has 1 N–H and O–H groups in total. The van der Waals surface area contributed by atoms with Crippen LogP contribution in [0.2, 0.25) is 0 Å². The van der Waals surface area contributed by atoms with Gasteiger partial charge in [0.15, 0.2) is 0 Å². The molecule has 0 atom stereocenters. The molecule has 0 fully saturated rings. The van der Waals surface area contributed by atoms with Gasteiger partial charge in [-0.15, -0.1) is 0 Å². The minimum Gasteiger partial charge on any atom is -0.457 e. The third-order valence-corrected chi connectivity index (χ3v) is 4.06. The van der Waals surface area contributed by atoms with E-state index in [0.717, 1.165) is 10.4 Å². The summed E-state index contributed by atoms with van der Waals surface area (Å²) in [5, 5.41) is 2.40. The Hall–Kier alpha value is -3.18. The lowest BCUT2D eigenvalue weighted by atomic mass is 9.94. The highest BCUT2D eigenvalue weighted by Crippen LogP contribution is 2.36. The standard InChI is InChI=1S/C19H14N2O3/c1-20-21-18(22)14-9-5-8-13-16(24-12-6-3-2-4-7-12)11-10-15(17(13)14)19(21)23/h2-11,20H,1H3. The zero-order valence-corrected chi connectivity index (χ0v) is 12.9. The molecular weight excluding hydrogens is 304 g/mol. The summed E-state index contributed by atoms with van der Waals surface area (Å²) >= 11 is 0. The van der Waals surface area contributed by atoms with Gasteiger partial charge in [-0.05, 0) is 30.3 Å². The van der Waals surface area contributed by atoms with Gasteiger partial charge in [0.25, 0.3) is 11.8 Å². The van der Waals surface area contributed by atoms with Crippen molar-refractivity contribution in [3.63, 3.8) is 0 Å². The molecule has 1 heterocycles. The molecule has 0 radical (unpaired) electrons. The van der Waals surface area contributed by atoms with Gasteiger partial charge in [-0.1, -0.05) is 30.3 Å². The number of benzene rings is 3. The highest BCUT2D eigenvalue weighted by Gasteiger charge is 2.32. The van der Waals surface area contributed by atoms with Crippen LogP contribution < -0.4 is 10.2 Å². The molecule has 118 valence electrons. The SMILES string of the molecule is CNN1C(=O)c2cccc3c(Oc4ccccc4)ccc(c23)C1=O. The fourth-order valence-corrected chi connectivity index (χ4v) is 2.98. The van der Waals surface area contributed by atoms with Crippen molar-refractivity contribution in [1.82, 2.24) is 10.4 Å². The lowest BCUT2D eigenvalue weighted by molar-refractivity contribution is 0.0540. The fraction of sp³-hybridized carbons (Fsp3) is 0.0526. The molecule has 0 bridgehead atoms. The number of hydrogen-bond acceptors (Lipinski definition) is 4. The van der Waals surface area contributed by atoms with E-state index in [2.05, 4.69) is 5.43 Å². The van der Waals surface area contributed by atoms with Crippen molar-refractivity contribution in [3.8, 4) is 11.5 Å². The first-order chi connectivity index (χ1) is 11.7. The van der Waals surface area contributed by atoms with E-state index in [-0.39, 0.29) is 11.8 Å². The van der Waals surface area contributed by atoms with Gasteiger partial charge in [0, 0.05) is 17.8 Å². The Balaban J connectivity index is 1.92. The van der Waals surface area contributed by atoms with Crippen molar-refractivity contribution in [2.75, 3.05) is 7.05 Å². The topological polar surface area (TPSA) is 58.6 Å². The Bertz CT molecular complexity index is 945. The second kappa shape index (κ2) is 5.47. The highest BCUT2D eigenvalue weighted by atomic mass is 16.5. The summed E-state index contributed by atoms with van der Waals surface area (Å²) in [6, 6.07) is 18.2. The number of hydrogen-bond donors (Lipinski definition) is 1. The normalized spacial score (nSPS) is 13.5. The minimum absolute atomic E-state index is 0.363. The van der Waals surface area contributed by atoms with Crippen molar-refractivity contribution in [2.45, 2.75) is 0 Å². The van der Waals surface area contributed by atoms with E-state index in [0.29, 0.717) is 28.0 Å². The summed E-state index contributed by atoms with van der Waals surface area (Å²) in [5.74, 6) is 0.582. The minimum atomic E-state index is -0.363. The van der Waals surface area contributed by atoms with Crippen LogP contribution in [0, 0.1) is 0 Å². The lowest BCUT2D eigenvalue weighted by Gasteiger charge is -2.26. The zero-order chi connectivity index (χ0) is 16.7. The maximum atomic E-state index is 12.5. The molecule has 3 aromatic rings. The molecule has 5 nitrogen and oxygen atoms in total. The highest BCUT2D eigenvalue weighted by molar-refractivity contribution is 6.25. The summed E-state index contributed by atoms with van der Waals surface area (Å²) in [4.78, 5) is 25.0. The molecule has 0 spiro atoms. The Labute approximate surface area is 138 Å². The van der Waals surface area contributed by atoms with Crippen LogP contribution >= 0.6 is 0 Å². The zero-order valence-electron chi connectivity index (χ0n) is 12.9. The maximum Gasteiger partial charge on any atom is 0.275 e. The Morgan fingerprint density at radius 2 is 1.54 bits per heavy atom. The predicted octanol–water partition coefficient (Wildman–Crippen LogP) is 3.36. The van der Waals surface area contributed by atoms with Crippen LogP contribution in [0.1, 0.15) is 20.7 Å². The summed E-state index contributed by atoms with van der Waals surface area (Å²) in [6.07, 6.45) is 0. The Kier molecular flexibility index (Phi) is 3.29. The van der Waals surface area contributed by atoms with E-state index in [9.17, 15) is 9.59 Å². The summed E-state index contributed by atoms with van der Waals surface area (Å²) in [7, 11) is 1.55. The summed E-state index contributed by atoms with van der Waals surface area (Å²) < 4.78 is 5.94. The summed E-state index contributed by atoms with van der Waals surface area (Å²) in [5.41, 5.74) is 3.61. The number of carbonyl (C=O) groups excluding carboxylic acids is 2. The molecule has 3 aromatic carbocycles. The fourth-order valence-electron chi connectivity index (χ4n) is 2.98. The van der Waals surface area contributed by atoms with Crippen molar-refractivity contribution >= 4 is 22.6 Å². The third kappa shape index (κ3) is 2.06. The van der Waals surface area contributed by atoms with Crippen LogP contribution in [0.15, 0.2) is 60.7 Å². The van der Waals surface area contributed by atoms with Gasteiger partial charge >= 0.3 is 0 Å². The van der Waals surface area contributed by atoms with Gasteiger partial charge in [-0.25, -0.2) is 10.4 Å². The van der Waals surface area contributed by atoms with Gasteiger partial charge in [0.2, 0.25) is 0 Å². The van der Waals surface area contributed by atoms with Crippen LogP contribution in [0.5, 0.6) is 11.5 Å². The van der Waals surface area contributed by atoms with Crippen molar-refractivity contribution in [2.24, 2.45) is 0 Å². The predicted molar refractivity (Wildman–Crippen MR) is 90.0 cm³/mol. The number of rotatable bonds is 3. The molecule has 4 rings (SSSR count). The number of nitrogens with one attached hydrogen (secondary N) is 1. The molecule has 1 aliphatic rings.